The molecular weight excluding hydrogens is 502 g/mol. The van der Waals surface area contributed by atoms with E-state index >= 15 is 0 Å². The molecule has 1 fully saturated rings. The van der Waals surface area contributed by atoms with E-state index in [1.807, 2.05) is 0 Å². The number of carbonyl (C=O) groups excluding carboxylic acids is 3. The van der Waals surface area contributed by atoms with Crippen molar-refractivity contribution < 1.29 is 22.8 Å². The Kier molecular flexibility index (Phi) is 8.00. The quantitative estimate of drug-likeness (QED) is 0.531. The number of benzene rings is 2. The van der Waals surface area contributed by atoms with E-state index in [2.05, 4.69) is 5.32 Å². The average molecular weight is 532 g/mol. The summed E-state index contributed by atoms with van der Waals surface area (Å²) in [4.78, 5) is 40.4. The van der Waals surface area contributed by atoms with Crippen molar-refractivity contribution in [3.8, 4) is 0 Å². The summed E-state index contributed by atoms with van der Waals surface area (Å²) in [6.07, 6.45) is 4.16. The number of nitrogens with zero attached hydrogens (tertiary/aromatic N) is 2. The summed E-state index contributed by atoms with van der Waals surface area (Å²) in [5, 5.41) is 3.62. The summed E-state index contributed by atoms with van der Waals surface area (Å²) in [6, 6.07) is 12.6. The number of rotatable bonds is 9. The fraction of sp³-hybridized carbons (Fsp3) is 0.423. The highest BCUT2D eigenvalue weighted by Crippen LogP contribution is 2.30. The topological polar surface area (TPSA) is 104 Å². The fourth-order valence-corrected chi connectivity index (χ4v) is 6.46. The lowest BCUT2D eigenvalue weighted by Crippen LogP contribution is -2.49. The first-order chi connectivity index (χ1) is 17.2. The van der Waals surface area contributed by atoms with Gasteiger partial charge in [0.1, 0.15) is 10.9 Å². The maximum absolute atomic E-state index is 13.3. The molecule has 8 nitrogen and oxygen atoms in total. The van der Waals surface area contributed by atoms with E-state index in [0.717, 1.165) is 35.6 Å². The van der Waals surface area contributed by atoms with Crippen molar-refractivity contribution in [1.29, 1.82) is 0 Å². The third-order valence-corrected chi connectivity index (χ3v) is 8.89. The number of nitrogens with one attached hydrogen (secondary N) is 1. The van der Waals surface area contributed by atoms with Crippen molar-refractivity contribution >= 4 is 39.3 Å². The van der Waals surface area contributed by atoms with Crippen molar-refractivity contribution in [3.63, 3.8) is 0 Å². The Labute approximate surface area is 216 Å². The highest BCUT2D eigenvalue weighted by Gasteiger charge is 2.40. The predicted molar refractivity (Wildman–Crippen MR) is 136 cm³/mol. The molecule has 192 valence electrons. The predicted octanol–water partition coefficient (Wildman–Crippen LogP) is 3.74. The van der Waals surface area contributed by atoms with Gasteiger partial charge in [0.2, 0.25) is 11.8 Å². The molecule has 2 aliphatic rings. The molecule has 2 aromatic rings. The summed E-state index contributed by atoms with van der Waals surface area (Å²) < 4.78 is 26.4. The Balaban J connectivity index is 1.43. The van der Waals surface area contributed by atoms with Crippen molar-refractivity contribution in [2.45, 2.75) is 69.0 Å². The molecule has 1 unspecified atom stereocenters. The zero-order chi connectivity index (χ0) is 25.9. The average Bonchev–Trinajstić information content (AvgIpc) is 3.44. The maximum atomic E-state index is 13.3. The van der Waals surface area contributed by atoms with Crippen molar-refractivity contribution in [2.24, 2.45) is 0 Å². The highest BCUT2D eigenvalue weighted by atomic mass is 35.5. The first kappa shape index (κ1) is 26.2. The van der Waals surface area contributed by atoms with E-state index in [1.54, 1.807) is 43.3 Å². The molecule has 1 aliphatic carbocycles. The molecule has 0 bridgehead atoms. The van der Waals surface area contributed by atoms with Gasteiger partial charge in [0, 0.05) is 30.6 Å². The van der Waals surface area contributed by atoms with Crippen LogP contribution in [0.2, 0.25) is 5.02 Å². The van der Waals surface area contributed by atoms with Gasteiger partial charge in [0.15, 0.2) is 0 Å². The monoisotopic (exact) mass is 531 g/mol. The number of halogens is 1. The minimum absolute atomic E-state index is 0.00964. The molecule has 0 spiro atoms. The third kappa shape index (κ3) is 5.57. The Bertz CT molecular complexity index is 1240. The van der Waals surface area contributed by atoms with E-state index in [4.69, 9.17) is 11.6 Å². The van der Waals surface area contributed by atoms with Crippen LogP contribution in [0.5, 0.6) is 0 Å². The van der Waals surface area contributed by atoms with Gasteiger partial charge in [-0.2, -0.15) is 0 Å². The van der Waals surface area contributed by atoms with Gasteiger partial charge in [-0.25, -0.2) is 12.7 Å². The summed E-state index contributed by atoms with van der Waals surface area (Å²) in [5.41, 5.74) is 0.964. The van der Waals surface area contributed by atoms with Crippen LogP contribution in [0.15, 0.2) is 53.4 Å². The number of carbonyl (C=O) groups is 3. The van der Waals surface area contributed by atoms with E-state index in [0.29, 0.717) is 5.02 Å². The number of fused-ring (bicyclic) bond motifs is 1. The van der Waals surface area contributed by atoms with Crippen LogP contribution in [0, 0.1) is 0 Å². The van der Waals surface area contributed by atoms with Gasteiger partial charge < -0.3 is 10.2 Å². The summed E-state index contributed by atoms with van der Waals surface area (Å²) >= 11 is 5.99. The second-order valence-corrected chi connectivity index (χ2v) is 11.6. The zero-order valence-electron chi connectivity index (χ0n) is 20.2. The molecule has 0 aromatic heterocycles. The fourth-order valence-electron chi connectivity index (χ4n) is 4.73. The molecule has 36 heavy (non-hydrogen) atoms. The molecule has 10 heteroatoms. The largest absolute Gasteiger partial charge is 0.352 e. The van der Waals surface area contributed by atoms with E-state index in [-0.39, 0.29) is 54.2 Å². The minimum atomic E-state index is -3.93. The summed E-state index contributed by atoms with van der Waals surface area (Å²) in [7, 11) is -3.93. The molecule has 1 N–H and O–H groups in total. The SMILES string of the molecule is CC(C(=O)NC1CCCC1)N(Cc1ccc(Cl)cc1)C(=O)CCCN1C(=O)c2ccccc2S1(=O)=O. The van der Waals surface area contributed by atoms with Crippen LogP contribution in [0.25, 0.3) is 0 Å². The molecule has 1 saturated carbocycles. The molecule has 1 atom stereocenters. The second kappa shape index (κ2) is 11.0. The Hall–Kier alpha value is -2.91. The molecule has 1 heterocycles. The second-order valence-electron chi connectivity index (χ2n) is 9.30. The van der Waals surface area contributed by atoms with Crippen LogP contribution in [0.4, 0.5) is 0 Å². The van der Waals surface area contributed by atoms with Crippen LogP contribution in [0.1, 0.15) is 61.4 Å². The number of hydrogen-bond donors (Lipinski definition) is 1. The van der Waals surface area contributed by atoms with Crippen LogP contribution < -0.4 is 5.32 Å². The lowest BCUT2D eigenvalue weighted by atomic mass is 10.1. The Morgan fingerprint density at radius 3 is 2.44 bits per heavy atom. The maximum Gasteiger partial charge on any atom is 0.269 e. The van der Waals surface area contributed by atoms with Crippen LogP contribution in [-0.4, -0.2) is 54.0 Å². The Morgan fingerprint density at radius 1 is 1.11 bits per heavy atom. The normalized spacial score (nSPS) is 17.6. The lowest BCUT2D eigenvalue weighted by Gasteiger charge is -2.30. The summed E-state index contributed by atoms with van der Waals surface area (Å²) in [5.74, 6) is -1.09. The van der Waals surface area contributed by atoms with Crippen molar-refractivity contribution in [1.82, 2.24) is 14.5 Å². The molecule has 3 amide bonds. The van der Waals surface area contributed by atoms with Crippen LogP contribution in [-0.2, 0) is 26.2 Å². The van der Waals surface area contributed by atoms with Gasteiger partial charge in [0.25, 0.3) is 15.9 Å². The van der Waals surface area contributed by atoms with Crippen molar-refractivity contribution in [3.05, 3.63) is 64.7 Å². The van der Waals surface area contributed by atoms with Gasteiger partial charge in [-0.05, 0) is 56.0 Å². The zero-order valence-corrected chi connectivity index (χ0v) is 21.7. The van der Waals surface area contributed by atoms with Gasteiger partial charge in [-0.15, -0.1) is 0 Å². The van der Waals surface area contributed by atoms with E-state index in [1.165, 1.54) is 17.0 Å². The number of amides is 3. The smallest absolute Gasteiger partial charge is 0.269 e. The molecular formula is C26H30ClN3O5S. The number of sulfonamides is 1. The van der Waals surface area contributed by atoms with Gasteiger partial charge in [-0.3, -0.25) is 14.4 Å². The summed E-state index contributed by atoms with van der Waals surface area (Å²) in [6.45, 7) is 1.80. The first-order valence-corrected chi connectivity index (χ1v) is 14.0. The standard InChI is InChI=1S/C26H30ClN3O5S/c1-18(25(32)28-21-7-2-3-8-21)29(17-19-12-14-20(27)15-13-19)24(31)11-6-16-30-26(33)22-9-4-5-10-23(22)36(30,34)35/h4-5,9-10,12-15,18,21H,2-3,6-8,11,16-17H2,1H3,(H,28,32). The van der Waals surface area contributed by atoms with Crippen LogP contribution in [0.3, 0.4) is 0 Å². The highest BCUT2D eigenvalue weighted by molar-refractivity contribution is 7.90. The third-order valence-electron chi connectivity index (χ3n) is 6.80. The van der Waals surface area contributed by atoms with E-state index in [9.17, 15) is 22.8 Å². The Morgan fingerprint density at radius 2 is 1.78 bits per heavy atom. The number of hydrogen-bond acceptors (Lipinski definition) is 5. The van der Waals surface area contributed by atoms with E-state index < -0.39 is 22.0 Å². The lowest BCUT2D eigenvalue weighted by molar-refractivity contribution is -0.141. The molecule has 2 aromatic carbocycles. The van der Waals surface area contributed by atoms with Crippen LogP contribution >= 0.6 is 11.6 Å². The molecule has 4 rings (SSSR count). The molecule has 1 aliphatic heterocycles. The van der Waals surface area contributed by atoms with Crippen molar-refractivity contribution in [2.75, 3.05) is 6.54 Å². The van der Waals surface area contributed by atoms with Gasteiger partial charge in [0.05, 0.1) is 5.56 Å². The first-order valence-electron chi connectivity index (χ1n) is 12.2. The van der Waals surface area contributed by atoms with Gasteiger partial charge in [-0.1, -0.05) is 48.7 Å². The molecule has 0 radical (unpaired) electrons. The molecule has 0 saturated heterocycles. The van der Waals surface area contributed by atoms with Gasteiger partial charge >= 0.3 is 0 Å². The minimum Gasteiger partial charge on any atom is -0.352 e.